The first-order chi connectivity index (χ1) is 20.7. The number of aryl methyl sites for hydroxylation is 2. The molecule has 1 saturated carbocycles. The van der Waals surface area contributed by atoms with Crippen LogP contribution in [0.25, 0.3) is 20.8 Å². The SMILES string of the molecule is COCCNc1nc(C)c(-c2nc3c(C)nccc3s2)c(NC2C[C@H](C(C)(C)O)[C@@H](OC(=O)C(C)C)[C@H]2OC(=O)C(C)C)n1. The number of carbonyl (C=O) groups excluding carboxylic acids is 2. The molecular weight excluding hydrogens is 584 g/mol. The highest BCUT2D eigenvalue weighted by Gasteiger charge is 2.53. The second kappa shape index (κ2) is 13.7. The Labute approximate surface area is 262 Å². The number of hydrogen-bond donors (Lipinski definition) is 3. The molecule has 240 valence electrons. The Bertz CT molecular complexity index is 1490. The lowest BCUT2D eigenvalue weighted by molar-refractivity contribution is -0.177. The predicted octanol–water partition coefficient (Wildman–Crippen LogP) is 4.53. The summed E-state index contributed by atoms with van der Waals surface area (Å²) in [6, 6.07) is 1.37. The lowest BCUT2D eigenvalue weighted by atomic mass is 9.87. The summed E-state index contributed by atoms with van der Waals surface area (Å²) in [5.74, 6) is -1.35. The van der Waals surface area contributed by atoms with E-state index in [1.54, 1.807) is 54.8 Å². The fourth-order valence-corrected chi connectivity index (χ4v) is 6.32. The monoisotopic (exact) mass is 628 g/mol. The van der Waals surface area contributed by atoms with Gasteiger partial charge < -0.3 is 30.0 Å². The molecule has 1 unspecified atom stereocenters. The molecule has 0 spiro atoms. The van der Waals surface area contributed by atoms with Crippen molar-refractivity contribution in [2.75, 3.05) is 30.9 Å². The lowest BCUT2D eigenvalue weighted by Gasteiger charge is -2.33. The van der Waals surface area contributed by atoms with Crippen LogP contribution < -0.4 is 10.6 Å². The Kier molecular flexibility index (Phi) is 10.4. The average Bonchev–Trinajstić information content (AvgIpc) is 3.51. The zero-order valence-electron chi connectivity index (χ0n) is 26.9. The lowest BCUT2D eigenvalue weighted by Crippen LogP contribution is -2.46. The molecule has 12 nitrogen and oxygen atoms in total. The molecule has 0 bridgehead atoms. The van der Waals surface area contributed by atoms with Crippen LogP contribution in [-0.2, 0) is 23.8 Å². The Hall–Kier alpha value is -3.42. The van der Waals surface area contributed by atoms with Gasteiger partial charge in [0.05, 0.1) is 51.7 Å². The van der Waals surface area contributed by atoms with Crippen molar-refractivity contribution in [2.45, 2.75) is 85.7 Å². The topological polar surface area (TPSA) is 158 Å². The number of ether oxygens (including phenoxy) is 3. The first kappa shape index (κ1) is 33.5. The molecule has 0 aromatic carbocycles. The van der Waals surface area contributed by atoms with E-state index in [1.807, 2.05) is 19.9 Å². The molecular formula is C31H44N6O6S. The number of esters is 2. The summed E-state index contributed by atoms with van der Waals surface area (Å²) in [7, 11) is 1.62. The number of nitrogens with zero attached hydrogens (tertiary/aromatic N) is 4. The average molecular weight is 629 g/mol. The molecule has 3 aromatic rings. The number of rotatable bonds is 12. The van der Waals surface area contributed by atoms with Crippen LogP contribution in [0.15, 0.2) is 12.3 Å². The van der Waals surface area contributed by atoms with Crippen LogP contribution in [0.2, 0.25) is 0 Å². The maximum Gasteiger partial charge on any atom is 0.308 e. The number of carbonyl (C=O) groups is 2. The van der Waals surface area contributed by atoms with Gasteiger partial charge in [-0.3, -0.25) is 14.6 Å². The van der Waals surface area contributed by atoms with Gasteiger partial charge in [0.25, 0.3) is 0 Å². The van der Waals surface area contributed by atoms with Crippen LogP contribution in [0.5, 0.6) is 0 Å². The van der Waals surface area contributed by atoms with Gasteiger partial charge in [-0.05, 0) is 40.2 Å². The van der Waals surface area contributed by atoms with Crippen molar-refractivity contribution in [3.63, 3.8) is 0 Å². The molecule has 4 rings (SSSR count). The van der Waals surface area contributed by atoms with E-state index >= 15 is 0 Å². The molecule has 3 N–H and O–H groups in total. The van der Waals surface area contributed by atoms with E-state index in [4.69, 9.17) is 29.2 Å². The molecule has 1 aliphatic rings. The van der Waals surface area contributed by atoms with Crippen molar-refractivity contribution in [3.8, 4) is 10.6 Å². The number of nitrogens with one attached hydrogen (secondary N) is 2. The fraction of sp³-hybridized carbons (Fsp3) is 0.613. The highest BCUT2D eigenvalue weighted by molar-refractivity contribution is 7.21. The predicted molar refractivity (Wildman–Crippen MR) is 170 cm³/mol. The van der Waals surface area contributed by atoms with Gasteiger partial charge in [-0.15, -0.1) is 11.3 Å². The molecule has 3 aromatic heterocycles. The molecule has 1 fully saturated rings. The van der Waals surface area contributed by atoms with Crippen molar-refractivity contribution in [1.29, 1.82) is 0 Å². The minimum absolute atomic E-state index is 0.341. The number of hydrogen-bond acceptors (Lipinski definition) is 13. The molecule has 0 saturated heterocycles. The normalized spacial score (nSPS) is 20.4. The van der Waals surface area contributed by atoms with Crippen LogP contribution in [0.3, 0.4) is 0 Å². The summed E-state index contributed by atoms with van der Waals surface area (Å²) < 4.78 is 18.2. The summed E-state index contributed by atoms with van der Waals surface area (Å²) in [5, 5.41) is 18.6. The standard InChI is InChI=1S/C31H44N6O6S/c1-15(2)28(38)42-24-19(31(7,8)40)14-20(25(24)43-29(39)16(3)4)35-26-22(17(5)34-30(37-26)33-12-13-41-9)27-36-23-18(6)32-11-10-21(23)44-27/h10-11,15-16,19-20,24-25,40H,12-14H2,1-9H3,(H2,33,34,35,37)/t19-,20?,24+,25-/m0/s1. The highest BCUT2D eigenvalue weighted by atomic mass is 32.1. The maximum atomic E-state index is 13.0. The van der Waals surface area contributed by atoms with Crippen molar-refractivity contribution in [3.05, 3.63) is 23.7 Å². The number of thiazole rings is 1. The fourth-order valence-electron chi connectivity index (χ4n) is 5.21. The molecule has 13 heteroatoms. The Morgan fingerprint density at radius 1 is 1.05 bits per heavy atom. The van der Waals surface area contributed by atoms with Crippen LogP contribution in [-0.4, -0.2) is 81.1 Å². The van der Waals surface area contributed by atoms with E-state index in [9.17, 15) is 14.7 Å². The van der Waals surface area contributed by atoms with E-state index < -0.39 is 53.5 Å². The first-order valence-electron chi connectivity index (χ1n) is 14.9. The number of fused-ring (bicyclic) bond motifs is 1. The summed E-state index contributed by atoms with van der Waals surface area (Å²) in [6.07, 6.45) is 0.325. The van der Waals surface area contributed by atoms with Gasteiger partial charge in [-0.1, -0.05) is 27.7 Å². The van der Waals surface area contributed by atoms with Crippen LogP contribution in [0.1, 0.15) is 59.4 Å². The van der Waals surface area contributed by atoms with E-state index in [1.165, 1.54) is 11.3 Å². The van der Waals surface area contributed by atoms with E-state index in [2.05, 4.69) is 15.6 Å². The molecule has 4 atom stereocenters. The van der Waals surface area contributed by atoms with Crippen molar-refractivity contribution >= 4 is 45.3 Å². The van der Waals surface area contributed by atoms with E-state index in [0.29, 0.717) is 47.6 Å². The zero-order valence-corrected chi connectivity index (χ0v) is 27.7. The molecule has 1 aliphatic carbocycles. The number of aromatic nitrogens is 4. The summed E-state index contributed by atoms with van der Waals surface area (Å²) in [5.41, 5.74) is 1.75. The number of anilines is 2. The highest BCUT2D eigenvalue weighted by Crippen LogP contribution is 2.42. The largest absolute Gasteiger partial charge is 0.458 e. The van der Waals surface area contributed by atoms with Crippen LogP contribution in [0, 0.1) is 31.6 Å². The Balaban J connectivity index is 1.82. The van der Waals surface area contributed by atoms with Gasteiger partial charge in [-0.2, -0.15) is 4.98 Å². The van der Waals surface area contributed by atoms with Gasteiger partial charge in [0.2, 0.25) is 5.95 Å². The second-order valence-electron chi connectivity index (χ2n) is 12.4. The van der Waals surface area contributed by atoms with Gasteiger partial charge in [0.1, 0.15) is 22.4 Å². The summed E-state index contributed by atoms with van der Waals surface area (Å²) in [4.78, 5) is 44.7. The molecule has 0 aliphatic heterocycles. The molecule has 44 heavy (non-hydrogen) atoms. The third kappa shape index (κ3) is 7.44. The number of aliphatic hydroxyl groups is 1. The third-order valence-electron chi connectivity index (χ3n) is 7.68. The number of pyridine rings is 1. The zero-order chi connectivity index (χ0) is 32.3. The minimum Gasteiger partial charge on any atom is -0.458 e. The third-order valence-corrected chi connectivity index (χ3v) is 8.72. The maximum absolute atomic E-state index is 13.0. The van der Waals surface area contributed by atoms with Crippen molar-refractivity contribution < 1.29 is 28.9 Å². The van der Waals surface area contributed by atoms with Gasteiger partial charge in [0.15, 0.2) is 6.10 Å². The van der Waals surface area contributed by atoms with Crippen molar-refractivity contribution in [2.24, 2.45) is 17.8 Å². The second-order valence-corrected chi connectivity index (χ2v) is 13.4. The van der Waals surface area contributed by atoms with Crippen LogP contribution >= 0.6 is 11.3 Å². The Morgan fingerprint density at radius 3 is 2.30 bits per heavy atom. The quantitative estimate of drug-likeness (QED) is 0.190. The van der Waals surface area contributed by atoms with E-state index in [0.717, 1.165) is 15.9 Å². The van der Waals surface area contributed by atoms with Gasteiger partial charge >= 0.3 is 11.9 Å². The minimum atomic E-state index is -1.24. The summed E-state index contributed by atoms with van der Waals surface area (Å²) in [6.45, 7) is 15.1. The van der Waals surface area contributed by atoms with Gasteiger partial charge in [0, 0.05) is 25.8 Å². The molecule has 0 radical (unpaired) electrons. The van der Waals surface area contributed by atoms with Gasteiger partial charge in [-0.25, -0.2) is 9.97 Å². The van der Waals surface area contributed by atoms with Crippen LogP contribution in [0.4, 0.5) is 11.8 Å². The Morgan fingerprint density at radius 2 is 1.70 bits per heavy atom. The van der Waals surface area contributed by atoms with Crippen molar-refractivity contribution in [1.82, 2.24) is 19.9 Å². The summed E-state index contributed by atoms with van der Waals surface area (Å²) >= 11 is 1.50. The first-order valence-corrected chi connectivity index (χ1v) is 15.8. The van der Waals surface area contributed by atoms with E-state index in [-0.39, 0.29) is 0 Å². The smallest absolute Gasteiger partial charge is 0.308 e. The molecule has 3 heterocycles. The number of methoxy groups -OCH3 is 1. The molecule has 0 amide bonds.